The van der Waals surface area contributed by atoms with Crippen LogP contribution in [0.2, 0.25) is 0 Å². The van der Waals surface area contributed by atoms with Gasteiger partial charge in [-0.15, -0.1) is 0 Å². The first-order valence-corrected chi connectivity index (χ1v) is 8.04. The van der Waals surface area contributed by atoms with Gasteiger partial charge in [0, 0.05) is 0 Å². The molecule has 0 amide bonds. The average molecular weight is 290 g/mol. The molecule has 20 heavy (non-hydrogen) atoms. The maximum Gasteiger partial charge on any atom is 0.157 e. The fraction of sp³-hybridized carbons (Fsp3) is 0.125. The molecule has 0 saturated heterocycles. The standard InChI is InChI=1S/C16H15FO2S/c17-16-10-4-8-15(12-16)13-20(18,19)11-5-9-14-6-2-1-3-7-14/h1-10,12H,11,13H2/b9-5+. The molecule has 0 radical (unpaired) electrons. The summed E-state index contributed by atoms with van der Waals surface area (Å²) in [4.78, 5) is 0. The molecule has 0 atom stereocenters. The van der Waals surface area contributed by atoms with Crippen molar-refractivity contribution in [3.8, 4) is 0 Å². The van der Waals surface area contributed by atoms with E-state index in [1.54, 1.807) is 18.2 Å². The molecule has 4 heteroatoms. The predicted molar refractivity (Wildman–Crippen MR) is 79.4 cm³/mol. The van der Waals surface area contributed by atoms with Crippen molar-refractivity contribution >= 4 is 15.9 Å². The Morgan fingerprint density at radius 3 is 2.45 bits per heavy atom. The third-order valence-electron chi connectivity index (χ3n) is 2.74. The predicted octanol–water partition coefficient (Wildman–Crippen LogP) is 3.45. The molecular weight excluding hydrogens is 275 g/mol. The smallest absolute Gasteiger partial charge is 0.157 e. The van der Waals surface area contributed by atoms with Gasteiger partial charge in [-0.05, 0) is 23.3 Å². The van der Waals surface area contributed by atoms with Crippen molar-refractivity contribution in [2.45, 2.75) is 5.75 Å². The van der Waals surface area contributed by atoms with Crippen LogP contribution in [-0.4, -0.2) is 14.2 Å². The van der Waals surface area contributed by atoms with E-state index in [1.165, 1.54) is 18.2 Å². The minimum atomic E-state index is -3.28. The number of halogens is 1. The van der Waals surface area contributed by atoms with Crippen molar-refractivity contribution in [2.24, 2.45) is 0 Å². The molecule has 2 rings (SSSR count). The minimum absolute atomic E-state index is 0.0571. The van der Waals surface area contributed by atoms with Gasteiger partial charge in [0.15, 0.2) is 9.84 Å². The van der Waals surface area contributed by atoms with Crippen LogP contribution >= 0.6 is 0 Å². The van der Waals surface area contributed by atoms with E-state index in [0.717, 1.165) is 5.56 Å². The summed E-state index contributed by atoms with van der Waals surface area (Å²) in [6, 6.07) is 15.1. The van der Waals surface area contributed by atoms with Gasteiger partial charge in [0.1, 0.15) is 5.82 Å². The lowest BCUT2D eigenvalue weighted by Gasteiger charge is -2.02. The van der Waals surface area contributed by atoms with Crippen molar-refractivity contribution in [3.63, 3.8) is 0 Å². The Balaban J connectivity index is 2.00. The van der Waals surface area contributed by atoms with Crippen LogP contribution in [0.1, 0.15) is 11.1 Å². The van der Waals surface area contributed by atoms with Crippen LogP contribution in [0.5, 0.6) is 0 Å². The maximum atomic E-state index is 13.0. The molecule has 0 aliphatic heterocycles. The fourth-order valence-corrected chi connectivity index (χ4v) is 3.03. The highest BCUT2D eigenvalue weighted by Gasteiger charge is 2.10. The van der Waals surface area contributed by atoms with Gasteiger partial charge in [-0.2, -0.15) is 0 Å². The van der Waals surface area contributed by atoms with E-state index in [2.05, 4.69) is 0 Å². The van der Waals surface area contributed by atoms with Crippen LogP contribution in [0.25, 0.3) is 6.08 Å². The summed E-state index contributed by atoms with van der Waals surface area (Å²) in [6.07, 6.45) is 3.38. The molecule has 0 aliphatic carbocycles. The second kappa shape index (κ2) is 6.48. The van der Waals surface area contributed by atoms with Crippen LogP contribution in [0.4, 0.5) is 4.39 Å². The number of hydrogen-bond donors (Lipinski definition) is 0. The lowest BCUT2D eigenvalue weighted by Crippen LogP contribution is -2.07. The third-order valence-corrected chi connectivity index (χ3v) is 4.21. The van der Waals surface area contributed by atoms with E-state index in [-0.39, 0.29) is 11.5 Å². The Bertz CT molecular complexity index is 691. The first-order chi connectivity index (χ1) is 9.55. The topological polar surface area (TPSA) is 34.1 Å². The van der Waals surface area contributed by atoms with Gasteiger partial charge in [-0.3, -0.25) is 0 Å². The molecule has 0 saturated carbocycles. The Hall–Kier alpha value is -1.94. The summed E-state index contributed by atoms with van der Waals surface area (Å²) in [5.41, 5.74) is 1.42. The van der Waals surface area contributed by atoms with E-state index in [0.29, 0.717) is 5.56 Å². The Morgan fingerprint density at radius 2 is 1.75 bits per heavy atom. The van der Waals surface area contributed by atoms with E-state index in [4.69, 9.17) is 0 Å². The molecule has 0 heterocycles. The highest BCUT2D eigenvalue weighted by molar-refractivity contribution is 7.90. The van der Waals surface area contributed by atoms with E-state index in [9.17, 15) is 12.8 Å². The number of benzene rings is 2. The maximum absolute atomic E-state index is 13.0. The van der Waals surface area contributed by atoms with Crippen molar-refractivity contribution in [1.82, 2.24) is 0 Å². The average Bonchev–Trinajstić information content (AvgIpc) is 2.39. The molecule has 0 aromatic heterocycles. The molecule has 2 aromatic rings. The highest BCUT2D eigenvalue weighted by atomic mass is 32.2. The molecule has 0 fully saturated rings. The van der Waals surface area contributed by atoms with Gasteiger partial charge < -0.3 is 0 Å². The number of hydrogen-bond acceptors (Lipinski definition) is 2. The van der Waals surface area contributed by atoms with Crippen LogP contribution in [0, 0.1) is 5.82 Å². The zero-order chi connectivity index (χ0) is 14.4. The second-order valence-electron chi connectivity index (χ2n) is 4.50. The molecule has 0 spiro atoms. The van der Waals surface area contributed by atoms with Crippen LogP contribution in [0.15, 0.2) is 60.7 Å². The number of sulfone groups is 1. The largest absolute Gasteiger partial charge is 0.228 e. The van der Waals surface area contributed by atoms with Crippen molar-refractivity contribution in [3.05, 3.63) is 77.6 Å². The lowest BCUT2D eigenvalue weighted by atomic mass is 10.2. The van der Waals surface area contributed by atoms with Crippen LogP contribution in [-0.2, 0) is 15.6 Å². The fourth-order valence-electron chi connectivity index (χ4n) is 1.83. The molecular formula is C16H15FO2S. The van der Waals surface area contributed by atoms with Crippen molar-refractivity contribution < 1.29 is 12.8 Å². The molecule has 0 bridgehead atoms. The Labute approximate surface area is 118 Å². The van der Waals surface area contributed by atoms with Crippen molar-refractivity contribution in [1.29, 1.82) is 0 Å². The van der Waals surface area contributed by atoms with Gasteiger partial charge >= 0.3 is 0 Å². The zero-order valence-electron chi connectivity index (χ0n) is 10.9. The molecule has 104 valence electrons. The Kier molecular flexibility index (Phi) is 4.69. The summed E-state index contributed by atoms with van der Waals surface area (Å²) in [5.74, 6) is -0.625. The number of rotatable bonds is 5. The molecule has 2 nitrogen and oxygen atoms in total. The van der Waals surface area contributed by atoms with Gasteiger partial charge in [0.25, 0.3) is 0 Å². The molecule has 0 N–H and O–H groups in total. The first-order valence-electron chi connectivity index (χ1n) is 6.22. The van der Waals surface area contributed by atoms with E-state index < -0.39 is 15.7 Å². The summed E-state index contributed by atoms with van der Waals surface area (Å²) < 4.78 is 36.9. The minimum Gasteiger partial charge on any atom is -0.228 e. The lowest BCUT2D eigenvalue weighted by molar-refractivity contribution is 0.597. The first kappa shape index (κ1) is 14.5. The summed E-state index contributed by atoms with van der Waals surface area (Å²) in [5, 5.41) is 0. The van der Waals surface area contributed by atoms with Gasteiger partial charge in [0.2, 0.25) is 0 Å². The molecule has 0 unspecified atom stereocenters. The summed E-state index contributed by atoms with van der Waals surface area (Å²) in [6.45, 7) is 0. The molecule has 0 aliphatic rings. The summed E-state index contributed by atoms with van der Waals surface area (Å²) in [7, 11) is -3.28. The van der Waals surface area contributed by atoms with Crippen molar-refractivity contribution in [2.75, 3.05) is 5.75 Å². The zero-order valence-corrected chi connectivity index (χ0v) is 11.7. The third kappa shape index (κ3) is 4.63. The second-order valence-corrected chi connectivity index (χ2v) is 6.61. The normalized spacial score (nSPS) is 11.8. The van der Waals surface area contributed by atoms with Crippen LogP contribution in [0.3, 0.4) is 0 Å². The SMILES string of the molecule is O=S(=O)(C/C=C/c1ccccc1)Cc1cccc(F)c1. The van der Waals surface area contributed by atoms with Crippen LogP contribution < -0.4 is 0 Å². The van der Waals surface area contributed by atoms with E-state index >= 15 is 0 Å². The summed E-state index contributed by atoms with van der Waals surface area (Å²) >= 11 is 0. The quantitative estimate of drug-likeness (QED) is 0.845. The van der Waals surface area contributed by atoms with Gasteiger partial charge in [-0.25, -0.2) is 12.8 Å². The highest BCUT2D eigenvalue weighted by Crippen LogP contribution is 2.10. The van der Waals surface area contributed by atoms with E-state index in [1.807, 2.05) is 30.3 Å². The van der Waals surface area contributed by atoms with Gasteiger partial charge in [0.05, 0.1) is 11.5 Å². The molecule has 2 aromatic carbocycles. The van der Waals surface area contributed by atoms with Gasteiger partial charge in [-0.1, -0.05) is 54.6 Å². The monoisotopic (exact) mass is 290 g/mol. The Morgan fingerprint density at radius 1 is 1.00 bits per heavy atom.